The molecule has 2 aromatic heterocycles. The minimum atomic E-state index is -3.59. The largest absolute Gasteiger partial charge is 0.459 e. The van der Waals surface area contributed by atoms with Crippen molar-refractivity contribution in [1.29, 1.82) is 0 Å². The zero-order valence-electron chi connectivity index (χ0n) is 16.7. The number of benzene rings is 1. The van der Waals surface area contributed by atoms with Crippen LogP contribution in [0.3, 0.4) is 0 Å². The van der Waals surface area contributed by atoms with E-state index >= 15 is 0 Å². The Morgan fingerprint density at radius 2 is 1.87 bits per heavy atom. The van der Waals surface area contributed by atoms with Crippen LogP contribution in [0.4, 0.5) is 4.39 Å². The van der Waals surface area contributed by atoms with Crippen LogP contribution in [0.25, 0.3) is 11.3 Å². The van der Waals surface area contributed by atoms with Crippen LogP contribution in [0, 0.1) is 11.7 Å². The monoisotopic (exact) mass is 443 g/mol. The van der Waals surface area contributed by atoms with E-state index < -0.39 is 10.0 Å². The summed E-state index contributed by atoms with van der Waals surface area (Å²) in [6.07, 6.45) is 3.75. The van der Waals surface area contributed by atoms with Crippen molar-refractivity contribution in [3.63, 3.8) is 0 Å². The first-order valence-electron chi connectivity index (χ1n) is 9.96. The molecule has 3 heterocycles. The van der Waals surface area contributed by atoms with E-state index in [0.29, 0.717) is 24.4 Å². The van der Waals surface area contributed by atoms with E-state index in [4.69, 9.17) is 4.42 Å². The lowest BCUT2D eigenvalue weighted by Gasteiger charge is -2.30. The van der Waals surface area contributed by atoms with Crippen molar-refractivity contribution in [2.45, 2.75) is 24.3 Å². The van der Waals surface area contributed by atoms with Gasteiger partial charge >= 0.3 is 0 Å². The van der Waals surface area contributed by atoms with Crippen molar-refractivity contribution < 1.29 is 22.0 Å². The molecule has 0 aliphatic carbocycles. The highest BCUT2D eigenvalue weighted by molar-refractivity contribution is 7.89. The van der Waals surface area contributed by atoms with Crippen molar-refractivity contribution in [1.82, 2.24) is 14.6 Å². The number of aromatic nitrogens is 1. The Hall–Kier alpha value is -3.04. The number of furan rings is 1. The fraction of sp³-hybridized carbons (Fsp3) is 0.273. The molecule has 0 saturated carbocycles. The van der Waals surface area contributed by atoms with Gasteiger partial charge in [0.15, 0.2) is 0 Å². The maximum atomic E-state index is 13.1. The number of nitrogens with zero attached hydrogens (tertiary/aromatic N) is 2. The maximum Gasteiger partial charge on any atom is 0.244 e. The quantitative estimate of drug-likeness (QED) is 0.632. The molecule has 1 N–H and O–H groups in total. The maximum absolute atomic E-state index is 13.1. The normalized spacial score (nSPS) is 15.6. The molecule has 1 aliphatic rings. The number of rotatable bonds is 6. The van der Waals surface area contributed by atoms with E-state index in [1.807, 2.05) is 0 Å². The van der Waals surface area contributed by atoms with Crippen LogP contribution in [0.2, 0.25) is 0 Å². The molecule has 0 spiro atoms. The Labute approximate surface area is 180 Å². The van der Waals surface area contributed by atoms with Gasteiger partial charge in [-0.1, -0.05) is 0 Å². The first-order chi connectivity index (χ1) is 14.9. The van der Waals surface area contributed by atoms with Crippen LogP contribution in [-0.2, 0) is 21.4 Å². The number of amides is 1. The number of nitrogens with one attached hydrogen (secondary N) is 1. The molecule has 31 heavy (non-hydrogen) atoms. The Kier molecular flexibility index (Phi) is 6.15. The summed E-state index contributed by atoms with van der Waals surface area (Å²) in [4.78, 5) is 16.6. The van der Waals surface area contributed by atoms with Gasteiger partial charge in [0.25, 0.3) is 0 Å². The van der Waals surface area contributed by atoms with Gasteiger partial charge in [-0.25, -0.2) is 12.8 Å². The van der Waals surface area contributed by atoms with Gasteiger partial charge in [-0.2, -0.15) is 4.31 Å². The minimum Gasteiger partial charge on any atom is -0.459 e. The van der Waals surface area contributed by atoms with Crippen molar-refractivity contribution in [2.75, 3.05) is 13.1 Å². The lowest BCUT2D eigenvalue weighted by Crippen LogP contribution is -2.42. The number of pyridine rings is 1. The van der Waals surface area contributed by atoms with E-state index in [-0.39, 0.29) is 42.2 Å². The predicted octanol–water partition coefficient (Wildman–Crippen LogP) is 3.20. The third kappa shape index (κ3) is 4.83. The van der Waals surface area contributed by atoms with Crippen molar-refractivity contribution in [3.05, 3.63) is 72.5 Å². The topological polar surface area (TPSA) is 92.5 Å². The molecular weight excluding hydrogens is 421 g/mol. The molecule has 1 aliphatic heterocycles. The summed E-state index contributed by atoms with van der Waals surface area (Å²) in [6, 6.07) is 12.6. The number of halogens is 1. The lowest BCUT2D eigenvalue weighted by atomic mass is 9.97. The second kappa shape index (κ2) is 8.99. The Balaban J connectivity index is 1.29. The molecule has 3 aromatic rings. The van der Waals surface area contributed by atoms with Crippen LogP contribution < -0.4 is 5.32 Å². The van der Waals surface area contributed by atoms with E-state index in [1.54, 1.807) is 30.3 Å². The molecule has 1 fully saturated rings. The van der Waals surface area contributed by atoms with Crippen LogP contribution in [0.5, 0.6) is 0 Å². The number of hydrogen-bond acceptors (Lipinski definition) is 5. The third-order valence-electron chi connectivity index (χ3n) is 5.32. The molecule has 1 amide bonds. The van der Waals surface area contributed by atoms with Gasteiger partial charge < -0.3 is 9.73 Å². The summed E-state index contributed by atoms with van der Waals surface area (Å²) in [7, 11) is -3.59. The van der Waals surface area contributed by atoms with Gasteiger partial charge in [0.2, 0.25) is 15.9 Å². The SMILES string of the molecule is O=C(NCc1ccc(-c2ccc(F)cc2)o1)C1CCN(S(=O)(=O)c2cccnc2)CC1. The van der Waals surface area contributed by atoms with E-state index in [1.165, 1.54) is 34.9 Å². The number of carbonyl (C=O) groups excluding carboxylic acids is 1. The third-order valence-corrected chi connectivity index (χ3v) is 7.21. The van der Waals surface area contributed by atoms with Gasteiger partial charge in [0, 0.05) is 37.0 Å². The minimum absolute atomic E-state index is 0.127. The summed E-state index contributed by atoms with van der Waals surface area (Å²) >= 11 is 0. The van der Waals surface area contributed by atoms with Crippen molar-refractivity contribution in [2.24, 2.45) is 5.92 Å². The lowest BCUT2D eigenvalue weighted by molar-refractivity contribution is -0.126. The van der Waals surface area contributed by atoms with Crippen LogP contribution in [0.15, 0.2) is 70.2 Å². The molecular formula is C22H22FN3O4S. The number of hydrogen-bond donors (Lipinski definition) is 1. The molecule has 7 nitrogen and oxygen atoms in total. The summed E-state index contributed by atoms with van der Waals surface area (Å²) in [5, 5.41) is 2.86. The van der Waals surface area contributed by atoms with E-state index in [0.717, 1.165) is 5.56 Å². The highest BCUT2D eigenvalue weighted by Crippen LogP contribution is 2.25. The second-order valence-electron chi connectivity index (χ2n) is 7.36. The molecule has 162 valence electrons. The van der Waals surface area contributed by atoms with Crippen molar-refractivity contribution >= 4 is 15.9 Å². The van der Waals surface area contributed by atoms with Gasteiger partial charge in [-0.15, -0.1) is 0 Å². The summed E-state index contributed by atoms with van der Waals surface area (Å²) < 4.78 is 45.5. The van der Waals surface area contributed by atoms with Gasteiger partial charge in [-0.3, -0.25) is 9.78 Å². The summed E-state index contributed by atoms with van der Waals surface area (Å²) in [5.41, 5.74) is 0.751. The first kappa shape index (κ1) is 21.2. The standard InChI is InChI=1S/C22H22FN3O4S/c23-18-5-3-16(4-6-18)21-8-7-19(30-21)14-25-22(27)17-9-12-26(13-10-17)31(28,29)20-2-1-11-24-15-20/h1-8,11,15,17H,9-10,12-14H2,(H,25,27). The fourth-order valence-corrected chi connectivity index (χ4v) is 5.00. The molecule has 4 rings (SSSR count). The Morgan fingerprint density at radius 3 is 2.55 bits per heavy atom. The summed E-state index contributed by atoms with van der Waals surface area (Å²) in [6.45, 7) is 0.795. The second-order valence-corrected chi connectivity index (χ2v) is 9.30. The average molecular weight is 444 g/mol. The molecule has 0 radical (unpaired) electrons. The van der Waals surface area contributed by atoms with Gasteiger partial charge in [0.1, 0.15) is 22.2 Å². The molecule has 1 aromatic carbocycles. The zero-order chi connectivity index (χ0) is 21.8. The van der Waals surface area contributed by atoms with Crippen LogP contribution >= 0.6 is 0 Å². The van der Waals surface area contributed by atoms with E-state index in [2.05, 4.69) is 10.3 Å². The zero-order valence-corrected chi connectivity index (χ0v) is 17.5. The molecule has 0 atom stereocenters. The molecule has 1 saturated heterocycles. The smallest absolute Gasteiger partial charge is 0.244 e. The molecule has 0 bridgehead atoms. The fourth-order valence-electron chi connectivity index (χ4n) is 3.57. The van der Waals surface area contributed by atoms with Crippen LogP contribution in [-0.4, -0.2) is 36.7 Å². The number of carbonyl (C=O) groups is 1. The summed E-state index contributed by atoms with van der Waals surface area (Å²) in [5.74, 6) is 0.481. The molecule has 0 unspecified atom stereocenters. The highest BCUT2D eigenvalue weighted by Gasteiger charge is 2.32. The average Bonchev–Trinajstić information content (AvgIpc) is 3.28. The van der Waals surface area contributed by atoms with E-state index in [9.17, 15) is 17.6 Å². The van der Waals surface area contributed by atoms with Crippen LogP contribution in [0.1, 0.15) is 18.6 Å². The van der Waals surface area contributed by atoms with Crippen molar-refractivity contribution in [3.8, 4) is 11.3 Å². The molecule has 9 heteroatoms. The first-order valence-corrected chi connectivity index (χ1v) is 11.4. The Morgan fingerprint density at radius 1 is 1.13 bits per heavy atom. The Bertz CT molecular complexity index is 1140. The van der Waals surface area contributed by atoms with Gasteiger partial charge in [-0.05, 0) is 61.4 Å². The number of piperidine rings is 1. The number of sulfonamides is 1. The highest BCUT2D eigenvalue weighted by atomic mass is 32.2. The van der Waals surface area contributed by atoms with Gasteiger partial charge in [0.05, 0.1) is 6.54 Å². The predicted molar refractivity (Wildman–Crippen MR) is 112 cm³/mol.